The fourth-order valence-corrected chi connectivity index (χ4v) is 5.74. The topological polar surface area (TPSA) is 0 Å². The summed E-state index contributed by atoms with van der Waals surface area (Å²) in [7, 11) is 0. The molecule has 0 N–H and O–H groups in total. The number of hydrogen-bond donors (Lipinski definition) is 0. The first-order chi connectivity index (χ1) is 15.9. The van der Waals surface area contributed by atoms with Gasteiger partial charge in [-0.3, -0.25) is 0 Å². The van der Waals surface area contributed by atoms with Crippen LogP contribution >= 0.6 is 11.8 Å². The smallest absolute Gasteiger partial charge is 0.00675 e. The molecule has 0 aromatic rings. The molecule has 0 amide bonds. The summed E-state index contributed by atoms with van der Waals surface area (Å²) in [6, 6.07) is 0. The van der Waals surface area contributed by atoms with Gasteiger partial charge >= 0.3 is 0 Å². The summed E-state index contributed by atoms with van der Waals surface area (Å²) >= 11 is 2.22. The molecule has 0 aliphatic rings. The van der Waals surface area contributed by atoms with Gasteiger partial charge in [-0.05, 0) is 24.3 Å². The first kappa shape index (κ1) is 32.4. The zero-order chi connectivity index (χ0) is 23.2. The van der Waals surface area contributed by atoms with E-state index in [0.29, 0.717) is 0 Å². The Balaban J connectivity index is 2.98. The molecule has 0 aliphatic heterocycles. The van der Waals surface area contributed by atoms with Crippen molar-refractivity contribution in [1.29, 1.82) is 0 Å². The number of hydrogen-bond acceptors (Lipinski definition) is 1. The van der Waals surface area contributed by atoms with Crippen LogP contribution in [-0.2, 0) is 0 Å². The van der Waals surface area contributed by atoms with Gasteiger partial charge in [0.2, 0.25) is 0 Å². The molecule has 0 unspecified atom stereocenters. The minimum atomic E-state index is 1.37. The molecule has 0 aliphatic carbocycles. The summed E-state index contributed by atoms with van der Waals surface area (Å²) in [5.74, 6) is 2.82. The SMILES string of the molecule is CCCCCCCCCCCCCCCCCCCCSCCCCCCCCCCC. The summed E-state index contributed by atoms with van der Waals surface area (Å²) in [5.41, 5.74) is 0. The third-order valence-corrected chi connectivity index (χ3v) is 8.19. The Morgan fingerprint density at radius 2 is 0.438 bits per heavy atom. The Labute approximate surface area is 210 Å². The Kier molecular flexibility index (Phi) is 31.7. The van der Waals surface area contributed by atoms with E-state index in [1.54, 1.807) is 0 Å². The lowest BCUT2D eigenvalue weighted by molar-refractivity contribution is 0.526. The molecule has 0 fully saturated rings. The molecule has 0 saturated heterocycles. The summed E-state index contributed by atoms with van der Waals surface area (Å²) in [6.45, 7) is 4.61. The molecule has 0 aromatic carbocycles. The molecule has 0 spiro atoms. The van der Waals surface area contributed by atoms with Gasteiger partial charge in [0.25, 0.3) is 0 Å². The Morgan fingerprint density at radius 3 is 0.656 bits per heavy atom. The van der Waals surface area contributed by atoms with Crippen LogP contribution in [0.1, 0.15) is 187 Å². The van der Waals surface area contributed by atoms with E-state index in [4.69, 9.17) is 0 Å². The number of thioether (sulfide) groups is 1. The second kappa shape index (κ2) is 31.4. The average molecular weight is 469 g/mol. The van der Waals surface area contributed by atoms with Crippen molar-refractivity contribution in [2.45, 2.75) is 187 Å². The van der Waals surface area contributed by atoms with E-state index in [2.05, 4.69) is 25.6 Å². The highest BCUT2D eigenvalue weighted by Gasteiger charge is 1.96. The van der Waals surface area contributed by atoms with Crippen LogP contribution in [0, 0.1) is 0 Å². The molecule has 0 rings (SSSR count). The zero-order valence-corrected chi connectivity index (χ0v) is 23.7. The first-order valence-electron chi connectivity index (χ1n) is 15.5. The van der Waals surface area contributed by atoms with Crippen molar-refractivity contribution < 1.29 is 0 Å². The lowest BCUT2D eigenvalue weighted by Crippen LogP contribution is -1.87. The van der Waals surface area contributed by atoms with Crippen LogP contribution in [0.25, 0.3) is 0 Å². The summed E-state index contributed by atoms with van der Waals surface area (Å²) in [5, 5.41) is 0. The van der Waals surface area contributed by atoms with Gasteiger partial charge in [-0.2, -0.15) is 11.8 Å². The van der Waals surface area contributed by atoms with E-state index in [1.165, 1.54) is 185 Å². The van der Waals surface area contributed by atoms with Gasteiger partial charge < -0.3 is 0 Å². The zero-order valence-electron chi connectivity index (χ0n) is 22.9. The maximum absolute atomic E-state index is 2.31. The van der Waals surface area contributed by atoms with Gasteiger partial charge in [0.1, 0.15) is 0 Å². The highest BCUT2D eigenvalue weighted by atomic mass is 32.2. The third kappa shape index (κ3) is 30.4. The predicted octanol–water partition coefficient (Wildman–Crippen LogP) is 12.3. The van der Waals surface area contributed by atoms with Gasteiger partial charge in [-0.1, -0.05) is 174 Å². The van der Waals surface area contributed by atoms with Crippen LogP contribution in [0.2, 0.25) is 0 Å². The summed E-state index contributed by atoms with van der Waals surface area (Å²) in [6.07, 6.45) is 39.7. The summed E-state index contributed by atoms with van der Waals surface area (Å²) in [4.78, 5) is 0. The van der Waals surface area contributed by atoms with Gasteiger partial charge in [-0.15, -0.1) is 0 Å². The van der Waals surface area contributed by atoms with Crippen molar-refractivity contribution in [3.8, 4) is 0 Å². The fraction of sp³-hybridized carbons (Fsp3) is 1.00. The van der Waals surface area contributed by atoms with Crippen molar-refractivity contribution in [1.82, 2.24) is 0 Å². The lowest BCUT2D eigenvalue weighted by Gasteiger charge is -2.04. The molecule has 32 heavy (non-hydrogen) atoms. The Hall–Kier alpha value is 0.350. The molecule has 0 atom stereocenters. The van der Waals surface area contributed by atoms with Gasteiger partial charge in [0.15, 0.2) is 0 Å². The quantitative estimate of drug-likeness (QED) is 0.0983. The van der Waals surface area contributed by atoms with Crippen LogP contribution in [-0.4, -0.2) is 11.5 Å². The Bertz CT molecular complexity index is 271. The van der Waals surface area contributed by atoms with E-state index >= 15 is 0 Å². The molecule has 0 aromatic heterocycles. The van der Waals surface area contributed by atoms with E-state index in [-0.39, 0.29) is 0 Å². The van der Waals surface area contributed by atoms with Crippen LogP contribution in [0.5, 0.6) is 0 Å². The lowest BCUT2D eigenvalue weighted by atomic mass is 10.0. The van der Waals surface area contributed by atoms with Crippen LogP contribution in [0.15, 0.2) is 0 Å². The van der Waals surface area contributed by atoms with Crippen LogP contribution in [0.4, 0.5) is 0 Å². The van der Waals surface area contributed by atoms with Crippen molar-refractivity contribution in [2.75, 3.05) is 11.5 Å². The van der Waals surface area contributed by atoms with Gasteiger partial charge in [-0.25, -0.2) is 0 Å². The largest absolute Gasteiger partial charge is 0.162 e. The standard InChI is InChI=1S/C31H64S/c1-3-5-7-9-11-13-14-15-16-17-18-19-20-21-23-25-27-29-31-32-30-28-26-24-22-12-10-8-6-4-2/h3-31H2,1-2H3. The van der Waals surface area contributed by atoms with E-state index < -0.39 is 0 Å². The minimum absolute atomic E-state index is 1.37. The normalized spacial score (nSPS) is 11.4. The van der Waals surface area contributed by atoms with Crippen LogP contribution < -0.4 is 0 Å². The second-order valence-corrected chi connectivity index (χ2v) is 11.7. The molecule has 0 radical (unpaired) electrons. The van der Waals surface area contributed by atoms with E-state index in [9.17, 15) is 0 Å². The van der Waals surface area contributed by atoms with Crippen LogP contribution in [0.3, 0.4) is 0 Å². The summed E-state index contributed by atoms with van der Waals surface area (Å²) < 4.78 is 0. The first-order valence-corrected chi connectivity index (χ1v) is 16.6. The number of unbranched alkanes of at least 4 members (excludes halogenated alkanes) is 25. The molecule has 194 valence electrons. The highest BCUT2D eigenvalue weighted by molar-refractivity contribution is 7.99. The molecular formula is C31H64S. The van der Waals surface area contributed by atoms with E-state index in [0.717, 1.165) is 0 Å². The fourth-order valence-electron chi connectivity index (χ4n) is 4.72. The molecule has 0 heterocycles. The maximum atomic E-state index is 2.31. The van der Waals surface area contributed by atoms with Gasteiger partial charge in [0.05, 0.1) is 0 Å². The molecular weight excluding hydrogens is 404 g/mol. The Morgan fingerprint density at radius 1 is 0.250 bits per heavy atom. The van der Waals surface area contributed by atoms with Gasteiger partial charge in [0, 0.05) is 0 Å². The van der Waals surface area contributed by atoms with Crippen molar-refractivity contribution >= 4 is 11.8 Å². The average Bonchev–Trinajstić information content (AvgIpc) is 2.81. The maximum Gasteiger partial charge on any atom is -0.00675 e. The molecule has 0 nitrogen and oxygen atoms in total. The molecule has 1 heteroatoms. The van der Waals surface area contributed by atoms with E-state index in [1.807, 2.05) is 0 Å². The second-order valence-electron chi connectivity index (χ2n) is 10.5. The predicted molar refractivity (Wildman–Crippen MR) is 153 cm³/mol. The molecule has 0 saturated carbocycles. The highest BCUT2D eigenvalue weighted by Crippen LogP contribution is 2.16. The third-order valence-electron chi connectivity index (χ3n) is 7.03. The molecule has 0 bridgehead atoms. The van der Waals surface area contributed by atoms with Crippen molar-refractivity contribution in [3.05, 3.63) is 0 Å². The monoisotopic (exact) mass is 468 g/mol. The number of rotatable bonds is 29. The van der Waals surface area contributed by atoms with Crippen molar-refractivity contribution in [3.63, 3.8) is 0 Å². The minimum Gasteiger partial charge on any atom is -0.162 e. The van der Waals surface area contributed by atoms with Crippen molar-refractivity contribution in [2.24, 2.45) is 0 Å².